The number of hydrogen-bond donors (Lipinski definition) is 3. The summed E-state index contributed by atoms with van der Waals surface area (Å²) in [4.78, 5) is 22.6. The molecule has 1 aromatic rings. The van der Waals surface area contributed by atoms with Gasteiger partial charge in [0.05, 0.1) is 11.3 Å². The smallest absolute Gasteiger partial charge is 0.337 e. The first-order valence-electron chi connectivity index (χ1n) is 6.01. The molecule has 0 bridgehead atoms. The van der Waals surface area contributed by atoms with Crippen LogP contribution >= 0.6 is 11.8 Å². The molecule has 1 aromatic carbocycles. The number of para-hydroxylation sites is 1. The maximum atomic E-state index is 11.6. The zero-order chi connectivity index (χ0) is 14.1. The summed E-state index contributed by atoms with van der Waals surface area (Å²) in [5.74, 6) is 0.0152. The van der Waals surface area contributed by atoms with Crippen LogP contribution in [0.2, 0.25) is 0 Å². The summed E-state index contributed by atoms with van der Waals surface area (Å²) in [6, 6.07) is 5.95. The maximum Gasteiger partial charge on any atom is 0.337 e. The fourth-order valence-corrected chi connectivity index (χ4v) is 2.01. The Balaban J connectivity index is 2.42. The highest BCUT2D eigenvalue weighted by Gasteiger charge is 2.10. The third kappa shape index (κ3) is 5.65. The molecule has 0 saturated carbocycles. The van der Waals surface area contributed by atoms with Crippen molar-refractivity contribution >= 4 is 29.4 Å². The highest BCUT2D eigenvalue weighted by atomic mass is 32.2. The third-order valence-electron chi connectivity index (χ3n) is 2.47. The van der Waals surface area contributed by atoms with Gasteiger partial charge in [0, 0.05) is 6.54 Å². The van der Waals surface area contributed by atoms with Crippen molar-refractivity contribution in [2.45, 2.75) is 12.8 Å². The van der Waals surface area contributed by atoms with Crippen molar-refractivity contribution in [3.8, 4) is 0 Å². The van der Waals surface area contributed by atoms with Gasteiger partial charge in [0.25, 0.3) is 0 Å². The van der Waals surface area contributed by atoms with E-state index in [1.165, 1.54) is 6.07 Å². The van der Waals surface area contributed by atoms with Gasteiger partial charge in [-0.05, 0) is 37.0 Å². The first-order valence-corrected chi connectivity index (χ1v) is 7.40. The Kier molecular flexibility index (Phi) is 6.81. The van der Waals surface area contributed by atoms with E-state index in [-0.39, 0.29) is 11.6 Å². The lowest BCUT2D eigenvalue weighted by Gasteiger charge is -2.09. The summed E-state index contributed by atoms with van der Waals surface area (Å²) in [7, 11) is 0. The van der Waals surface area contributed by atoms with Crippen molar-refractivity contribution in [1.29, 1.82) is 0 Å². The number of aromatic carboxylic acids is 1. The fourth-order valence-electron chi connectivity index (χ4n) is 1.52. The first-order chi connectivity index (χ1) is 9.15. The minimum atomic E-state index is -1.06. The normalized spacial score (nSPS) is 9.95. The standard InChI is InChI=1S/C13H18N2O3S/c1-19-9-5-4-8-14-13(18)15-11-7-3-2-6-10(11)12(16)17/h2-3,6-7H,4-5,8-9H2,1H3,(H,16,17)(H2,14,15,18). The van der Waals surface area contributed by atoms with Crippen LogP contribution in [0.3, 0.4) is 0 Å². The Morgan fingerprint density at radius 1 is 1.26 bits per heavy atom. The van der Waals surface area contributed by atoms with Gasteiger partial charge in [0.1, 0.15) is 0 Å². The Hall–Kier alpha value is -1.69. The average molecular weight is 282 g/mol. The van der Waals surface area contributed by atoms with E-state index in [0.717, 1.165) is 18.6 Å². The monoisotopic (exact) mass is 282 g/mol. The number of carbonyl (C=O) groups is 2. The lowest BCUT2D eigenvalue weighted by atomic mass is 10.2. The minimum Gasteiger partial charge on any atom is -0.478 e. The molecule has 0 aliphatic heterocycles. The van der Waals surface area contributed by atoms with Crippen molar-refractivity contribution in [3.05, 3.63) is 29.8 Å². The van der Waals surface area contributed by atoms with E-state index in [2.05, 4.69) is 10.6 Å². The van der Waals surface area contributed by atoms with Crippen LogP contribution in [0.1, 0.15) is 23.2 Å². The molecule has 0 fully saturated rings. The highest BCUT2D eigenvalue weighted by Crippen LogP contribution is 2.14. The maximum absolute atomic E-state index is 11.6. The molecule has 0 saturated heterocycles. The van der Waals surface area contributed by atoms with Gasteiger partial charge in [0.2, 0.25) is 0 Å². The van der Waals surface area contributed by atoms with Gasteiger partial charge < -0.3 is 15.7 Å². The van der Waals surface area contributed by atoms with Gasteiger partial charge in [-0.25, -0.2) is 9.59 Å². The lowest BCUT2D eigenvalue weighted by molar-refractivity contribution is 0.0698. The molecule has 2 amide bonds. The predicted molar refractivity (Wildman–Crippen MR) is 78.0 cm³/mol. The van der Waals surface area contributed by atoms with Crippen LogP contribution in [0, 0.1) is 0 Å². The molecule has 0 atom stereocenters. The van der Waals surface area contributed by atoms with E-state index in [9.17, 15) is 9.59 Å². The Labute approximate surface area is 116 Å². The van der Waals surface area contributed by atoms with Gasteiger partial charge in [-0.1, -0.05) is 12.1 Å². The molecule has 1 rings (SSSR count). The molecule has 0 aliphatic rings. The van der Waals surface area contributed by atoms with Gasteiger partial charge in [-0.2, -0.15) is 11.8 Å². The van der Waals surface area contributed by atoms with E-state index in [1.807, 2.05) is 6.26 Å². The largest absolute Gasteiger partial charge is 0.478 e. The van der Waals surface area contributed by atoms with Crippen molar-refractivity contribution < 1.29 is 14.7 Å². The SMILES string of the molecule is CSCCCCNC(=O)Nc1ccccc1C(=O)O. The first kappa shape index (κ1) is 15.4. The average Bonchev–Trinajstić information content (AvgIpc) is 2.39. The molecular formula is C13H18N2O3S. The summed E-state index contributed by atoms with van der Waals surface area (Å²) in [6.45, 7) is 0.585. The molecule has 5 nitrogen and oxygen atoms in total. The topological polar surface area (TPSA) is 78.4 Å². The number of hydrogen-bond acceptors (Lipinski definition) is 3. The summed E-state index contributed by atoms with van der Waals surface area (Å²) >= 11 is 1.77. The molecule has 6 heteroatoms. The van der Waals surface area contributed by atoms with E-state index in [1.54, 1.807) is 30.0 Å². The number of carboxylic acids is 1. The predicted octanol–water partition coefficient (Wildman–Crippen LogP) is 2.65. The molecule has 3 N–H and O–H groups in total. The molecule has 104 valence electrons. The summed E-state index contributed by atoms with van der Waals surface area (Å²) < 4.78 is 0. The summed E-state index contributed by atoms with van der Waals surface area (Å²) in [6.07, 6.45) is 4.00. The van der Waals surface area contributed by atoms with Crippen molar-refractivity contribution in [3.63, 3.8) is 0 Å². The summed E-state index contributed by atoms with van der Waals surface area (Å²) in [5, 5.41) is 14.2. The third-order valence-corrected chi connectivity index (χ3v) is 3.16. The molecule has 0 spiro atoms. The van der Waals surface area contributed by atoms with Gasteiger partial charge in [0.15, 0.2) is 0 Å². The van der Waals surface area contributed by atoms with Gasteiger partial charge >= 0.3 is 12.0 Å². The molecule has 0 radical (unpaired) electrons. The van der Waals surface area contributed by atoms with E-state index in [0.29, 0.717) is 12.2 Å². The zero-order valence-corrected chi connectivity index (χ0v) is 11.6. The van der Waals surface area contributed by atoms with Gasteiger partial charge in [-0.3, -0.25) is 0 Å². The van der Waals surface area contributed by atoms with E-state index < -0.39 is 5.97 Å². The zero-order valence-electron chi connectivity index (χ0n) is 10.8. The van der Waals surface area contributed by atoms with Crippen LogP contribution in [0.4, 0.5) is 10.5 Å². The molecule has 0 heterocycles. The van der Waals surface area contributed by atoms with Crippen LogP contribution in [0.25, 0.3) is 0 Å². The van der Waals surface area contributed by atoms with Crippen LogP contribution < -0.4 is 10.6 Å². The Bertz CT molecular complexity index is 438. The van der Waals surface area contributed by atoms with Crippen LogP contribution in [0.15, 0.2) is 24.3 Å². The lowest BCUT2D eigenvalue weighted by Crippen LogP contribution is -2.30. The summed E-state index contributed by atoms with van der Waals surface area (Å²) in [5.41, 5.74) is 0.386. The number of benzene rings is 1. The van der Waals surface area contributed by atoms with E-state index >= 15 is 0 Å². The second-order valence-corrected chi connectivity index (χ2v) is 4.92. The number of rotatable bonds is 7. The molecule has 19 heavy (non-hydrogen) atoms. The Morgan fingerprint density at radius 3 is 2.68 bits per heavy atom. The number of anilines is 1. The number of amides is 2. The number of thioether (sulfide) groups is 1. The molecule has 0 aliphatic carbocycles. The number of carbonyl (C=O) groups excluding carboxylic acids is 1. The molecular weight excluding hydrogens is 264 g/mol. The van der Waals surface area contributed by atoms with Crippen LogP contribution in [-0.2, 0) is 0 Å². The van der Waals surface area contributed by atoms with Gasteiger partial charge in [-0.15, -0.1) is 0 Å². The number of nitrogens with one attached hydrogen (secondary N) is 2. The van der Waals surface area contributed by atoms with Crippen LogP contribution in [0.5, 0.6) is 0 Å². The minimum absolute atomic E-state index is 0.0834. The van der Waals surface area contributed by atoms with Crippen molar-refractivity contribution in [1.82, 2.24) is 5.32 Å². The molecule has 0 aromatic heterocycles. The number of carboxylic acid groups (broad SMARTS) is 1. The second-order valence-electron chi connectivity index (χ2n) is 3.93. The van der Waals surface area contributed by atoms with Crippen LogP contribution in [-0.4, -0.2) is 35.7 Å². The Morgan fingerprint density at radius 2 is 2.00 bits per heavy atom. The quantitative estimate of drug-likeness (QED) is 0.672. The van der Waals surface area contributed by atoms with E-state index in [4.69, 9.17) is 5.11 Å². The number of urea groups is 1. The van der Waals surface area contributed by atoms with Crippen molar-refractivity contribution in [2.24, 2.45) is 0 Å². The number of unbranched alkanes of at least 4 members (excludes halogenated alkanes) is 1. The highest BCUT2D eigenvalue weighted by molar-refractivity contribution is 7.98. The fraction of sp³-hybridized carbons (Fsp3) is 0.385. The molecule has 0 unspecified atom stereocenters. The second kappa shape index (κ2) is 8.42. The van der Waals surface area contributed by atoms with Crippen molar-refractivity contribution in [2.75, 3.05) is 23.9 Å².